The van der Waals surface area contributed by atoms with Gasteiger partial charge in [-0.15, -0.1) is 0 Å². The van der Waals surface area contributed by atoms with Crippen molar-refractivity contribution in [3.63, 3.8) is 0 Å². The average Bonchev–Trinajstić information content (AvgIpc) is 3.33. The minimum atomic E-state index is -1.53. The van der Waals surface area contributed by atoms with Crippen molar-refractivity contribution in [3.05, 3.63) is 108 Å². The molecule has 0 saturated carbocycles. The molecule has 0 aliphatic carbocycles. The molecule has 19 nitrogen and oxygen atoms in total. The van der Waals surface area contributed by atoms with E-state index in [-0.39, 0.29) is 37.6 Å². The Balaban J connectivity index is 1.07. The summed E-state index contributed by atoms with van der Waals surface area (Å²) in [7, 11) is 1.15. The van der Waals surface area contributed by atoms with Crippen LogP contribution in [0.2, 0.25) is 0 Å². The molecule has 65 heavy (non-hydrogen) atoms. The number of hydrogen-bond donors (Lipinski definition) is 6. The van der Waals surface area contributed by atoms with E-state index in [9.17, 15) is 39.0 Å². The highest BCUT2D eigenvalue weighted by molar-refractivity contribution is 5.96. The molecule has 0 aromatic heterocycles. The highest BCUT2D eigenvalue weighted by Gasteiger charge is 2.54. The van der Waals surface area contributed by atoms with Crippen LogP contribution in [0.3, 0.4) is 0 Å². The van der Waals surface area contributed by atoms with Crippen LogP contribution in [-0.4, -0.2) is 153 Å². The number of esters is 1. The summed E-state index contributed by atoms with van der Waals surface area (Å²) in [5.74, 6) is -3.33. The molecule has 19 heteroatoms. The standard InChI is InChI=1S/C46H56N4O15/c1-27(52)24-60-39-35(50-43(56)29-17-9-4-10-18-29)41(64-32-25-62-46(65-37(32)39)30-19-11-5-12-20-30)45(58)48-22-14-6-13-21-47-44(57)40-34(49-42(55)28-15-7-3-8-16-28)38(61-26-33(53)59-2)36(54)31(23-51)63-40/h3-5,7-12,15-20,31-32,34-41,46,51,54H,6,13-14,21-26H2,1-2H3,(H,47,57)(H,48,58)(H,49,55)(H,50,56)/t31?,32?,34?,35?,36-,37-,38?,39+,40+,41+,46?/m0/s1. The fraction of sp³-hybridized carbons (Fsp3) is 0.478. The molecule has 6 unspecified atom stereocenters. The Morgan fingerprint density at radius 3 is 1.74 bits per heavy atom. The van der Waals surface area contributed by atoms with Crippen LogP contribution in [0.25, 0.3) is 0 Å². The van der Waals surface area contributed by atoms with Gasteiger partial charge >= 0.3 is 5.97 Å². The molecular weight excluding hydrogens is 849 g/mol. The lowest BCUT2D eigenvalue weighted by Gasteiger charge is -2.49. The van der Waals surface area contributed by atoms with Gasteiger partial charge in [0.2, 0.25) is 0 Å². The van der Waals surface area contributed by atoms with E-state index in [1.54, 1.807) is 60.7 Å². The maximum Gasteiger partial charge on any atom is 0.331 e. The van der Waals surface area contributed by atoms with Crippen LogP contribution in [0, 0.1) is 0 Å². The summed E-state index contributed by atoms with van der Waals surface area (Å²) < 4.78 is 41.0. The Morgan fingerprint density at radius 1 is 0.677 bits per heavy atom. The Hall–Kier alpha value is -5.64. The van der Waals surface area contributed by atoms with Crippen molar-refractivity contribution in [1.29, 1.82) is 0 Å². The summed E-state index contributed by atoms with van der Waals surface area (Å²) in [6.45, 7) is 0.136. The first-order chi connectivity index (χ1) is 31.5. The topological polar surface area (TPSA) is 256 Å². The largest absolute Gasteiger partial charge is 0.467 e. The number of nitrogens with one attached hydrogen (secondary N) is 4. The third kappa shape index (κ3) is 13.0. The summed E-state index contributed by atoms with van der Waals surface area (Å²) in [5.41, 5.74) is 1.33. The molecule has 6 N–H and O–H groups in total. The summed E-state index contributed by atoms with van der Waals surface area (Å²) in [4.78, 5) is 78.6. The zero-order valence-electron chi connectivity index (χ0n) is 36.1. The van der Waals surface area contributed by atoms with E-state index < -0.39 is 110 Å². The lowest BCUT2D eigenvalue weighted by molar-refractivity contribution is -0.315. The van der Waals surface area contributed by atoms with Gasteiger partial charge in [0.15, 0.2) is 24.3 Å². The smallest absolute Gasteiger partial charge is 0.331 e. The van der Waals surface area contributed by atoms with Gasteiger partial charge in [0.25, 0.3) is 23.6 Å². The first-order valence-electron chi connectivity index (χ1n) is 21.5. The van der Waals surface area contributed by atoms with Crippen molar-refractivity contribution in [2.75, 3.05) is 46.6 Å². The molecule has 3 aromatic rings. The normalized spacial score (nSPS) is 27.3. The zero-order chi connectivity index (χ0) is 46.3. The van der Waals surface area contributed by atoms with Crippen molar-refractivity contribution in [3.8, 4) is 0 Å². The number of hydrogen-bond acceptors (Lipinski definition) is 15. The lowest BCUT2D eigenvalue weighted by atomic mass is 9.90. The highest BCUT2D eigenvalue weighted by Crippen LogP contribution is 2.36. The molecule has 4 amide bonds. The van der Waals surface area contributed by atoms with Gasteiger partial charge in [-0.2, -0.15) is 0 Å². The maximum absolute atomic E-state index is 14.0. The average molecular weight is 905 g/mol. The summed E-state index contributed by atoms with van der Waals surface area (Å²) in [6, 6.07) is 23.4. The minimum Gasteiger partial charge on any atom is -0.467 e. The molecule has 0 bridgehead atoms. The number of aliphatic hydroxyl groups excluding tert-OH is 2. The summed E-state index contributed by atoms with van der Waals surface area (Å²) in [5, 5.41) is 32.3. The lowest BCUT2D eigenvalue weighted by Crippen LogP contribution is -2.69. The molecule has 11 atom stereocenters. The fourth-order valence-corrected chi connectivity index (χ4v) is 7.79. The van der Waals surface area contributed by atoms with Gasteiger partial charge in [-0.3, -0.25) is 24.0 Å². The van der Waals surface area contributed by atoms with Crippen LogP contribution in [0.4, 0.5) is 0 Å². The molecule has 350 valence electrons. The Labute approximate surface area is 375 Å². The fourth-order valence-electron chi connectivity index (χ4n) is 7.79. The van der Waals surface area contributed by atoms with E-state index >= 15 is 0 Å². The number of benzene rings is 3. The number of amides is 4. The molecule has 0 radical (unpaired) electrons. The number of ketones is 1. The van der Waals surface area contributed by atoms with Crippen LogP contribution in [0.5, 0.6) is 0 Å². The van der Waals surface area contributed by atoms with Crippen LogP contribution in [0.15, 0.2) is 91.0 Å². The van der Waals surface area contributed by atoms with Crippen LogP contribution in [-0.2, 0) is 52.3 Å². The number of rotatable bonds is 20. The second kappa shape index (κ2) is 24.0. The molecular formula is C46H56N4O15. The van der Waals surface area contributed by atoms with Crippen molar-refractivity contribution in [2.24, 2.45) is 0 Å². The van der Waals surface area contributed by atoms with Crippen molar-refractivity contribution < 1.29 is 72.1 Å². The minimum absolute atomic E-state index is 0.0352. The van der Waals surface area contributed by atoms with E-state index in [1.807, 2.05) is 30.3 Å². The molecule has 3 fully saturated rings. The van der Waals surface area contributed by atoms with E-state index in [0.29, 0.717) is 24.8 Å². The molecule has 3 aliphatic rings. The third-order valence-electron chi connectivity index (χ3n) is 11.1. The third-order valence-corrected chi connectivity index (χ3v) is 11.1. The number of carbonyl (C=O) groups excluding carboxylic acids is 6. The number of aliphatic hydroxyl groups is 2. The van der Waals surface area contributed by atoms with Crippen LogP contribution < -0.4 is 21.3 Å². The van der Waals surface area contributed by atoms with Crippen molar-refractivity contribution >= 4 is 35.4 Å². The first kappa shape index (κ1) is 48.8. The Bertz CT molecular complexity index is 2050. The van der Waals surface area contributed by atoms with Gasteiger partial charge in [-0.1, -0.05) is 66.7 Å². The molecule has 3 heterocycles. The van der Waals surface area contributed by atoms with Gasteiger partial charge in [0.05, 0.1) is 32.4 Å². The number of fused-ring (bicyclic) bond motifs is 1. The summed E-state index contributed by atoms with van der Waals surface area (Å²) >= 11 is 0. The number of ether oxygens (including phenoxy) is 7. The van der Waals surface area contributed by atoms with Crippen molar-refractivity contribution in [2.45, 2.75) is 93.4 Å². The highest BCUT2D eigenvalue weighted by atomic mass is 16.7. The molecule has 3 aliphatic heterocycles. The molecule has 3 saturated heterocycles. The SMILES string of the molecule is COC(=O)COC1C(NC(=O)c2ccccc2)[C@H](C(=O)NCCCCCNC(=O)[C@@H]2OC3COC(c4ccccc4)O[C@@H]3[C@H](OCC(C)=O)C2NC(=O)c2ccccc2)OC(CO)[C@@H]1O. The molecule has 6 rings (SSSR count). The van der Waals surface area contributed by atoms with E-state index in [1.165, 1.54) is 6.92 Å². The van der Waals surface area contributed by atoms with E-state index in [4.69, 9.17) is 28.4 Å². The quantitative estimate of drug-likeness (QED) is 0.0668. The Morgan fingerprint density at radius 2 is 1.20 bits per heavy atom. The second-order valence-corrected chi connectivity index (χ2v) is 15.7. The molecule has 0 spiro atoms. The van der Waals surface area contributed by atoms with E-state index in [0.717, 1.165) is 12.7 Å². The second-order valence-electron chi connectivity index (χ2n) is 15.7. The number of unbranched alkanes of at least 4 members (excludes halogenated alkanes) is 2. The van der Waals surface area contributed by atoms with Gasteiger partial charge in [-0.05, 0) is 50.5 Å². The maximum atomic E-state index is 14.0. The number of Topliss-reactive ketones (excluding diaryl/α,β-unsaturated/α-hetero) is 1. The molecule has 3 aromatic carbocycles. The van der Waals surface area contributed by atoms with Crippen molar-refractivity contribution in [1.82, 2.24) is 21.3 Å². The van der Waals surface area contributed by atoms with E-state index in [2.05, 4.69) is 26.0 Å². The van der Waals surface area contributed by atoms with Gasteiger partial charge in [-0.25, -0.2) is 4.79 Å². The van der Waals surface area contributed by atoms with Crippen LogP contribution >= 0.6 is 0 Å². The van der Waals surface area contributed by atoms with Gasteiger partial charge < -0.3 is 64.6 Å². The van der Waals surface area contributed by atoms with Gasteiger partial charge in [0, 0.05) is 29.8 Å². The number of carbonyl (C=O) groups is 6. The predicted molar refractivity (Wildman–Crippen MR) is 228 cm³/mol. The zero-order valence-corrected chi connectivity index (χ0v) is 36.1. The van der Waals surface area contributed by atoms with Gasteiger partial charge in [0.1, 0.15) is 49.8 Å². The number of methoxy groups -OCH3 is 1. The monoisotopic (exact) mass is 904 g/mol. The Kier molecular flexibility index (Phi) is 18.1. The predicted octanol–water partition coefficient (Wildman–Crippen LogP) is 0.521. The van der Waals surface area contributed by atoms with Crippen LogP contribution in [0.1, 0.15) is 58.8 Å². The summed E-state index contributed by atoms with van der Waals surface area (Å²) in [6.07, 6.45) is -8.85. The first-order valence-corrected chi connectivity index (χ1v) is 21.5.